The average molecular weight is 461 g/mol. The molecule has 186 valence electrons. The lowest BCUT2D eigenvalue weighted by Crippen LogP contribution is -2.48. The van der Waals surface area contributed by atoms with E-state index >= 15 is 0 Å². The molecule has 2 saturated heterocycles. The summed E-state index contributed by atoms with van der Waals surface area (Å²) < 4.78 is 18.6. The largest absolute Gasteiger partial charge is 0.462 e. The monoisotopic (exact) mass is 460 g/mol. The summed E-state index contributed by atoms with van der Waals surface area (Å²) >= 11 is 0. The van der Waals surface area contributed by atoms with Crippen LogP contribution in [0.2, 0.25) is 0 Å². The van der Waals surface area contributed by atoms with E-state index in [1.54, 1.807) is 12.2 Å². The van der Waals surface area contributed by atoms with Gasteiger partial charge in [0.15, 0.2) is 11.6 Å². The molecule has 0 aromatic rings. The van der Waals surface area contributed by atoms with E-state index in [9.17, 15) is 9.59 Å². The minimum absolute atomic E-state index is 0.0121. The highest BCUT2D eigenvalue weighted by Gasteiger charge is 2.53. The van der Waals surface area contributed by atoms with E-state index in [0.717, 1.165) is 32.1 Å². The molecule has 2 fully saturated rings. The summed E-state index contributed by atoms with van der Waals surface area (Å²) in [6.45, 7) is 3.73. The van der Waals surface area contributed by atoms with Gasteiger partial charge in [-0.15, -0.1) is 0 Å². The summed E-state index contributed by atoms with van der Waals surface area (Å²) in [5.41, 5.74) is -0.576. The Labute approximate surface area is 200 Å². The second-order valence-electron chi connectivity index (χ2n) is 10.3. The molecule has 5 heteroatoms. The summed E-state index contributed by atoms with van der Waals surface area (Å²) in [7, 11) is 0. The van der Waals surface area contributed by atoms with E-state index in [2.05, 4.69) is 6.92 Å². The van der Waals surface area contributed by atoms with Gasteiger partial charge >= 0.3 is 5.97 Å². The van der Waals surface area contributed by atoms with Crippen LogP contribution in [0.1, 0.15) is 117 Å². The molecule has 2 spiro atoms. The Morgan fingerprint density at radius 1 is 0.970 bits per heavy atom. The van der Waals surface area contributed by atoms with Gasteiger partial charge in [0.25, 0.3) is 0 Å². The van der Waals surface area contributed by atoms with Gasteiger partial charge in [-0.25, -0.2) is 0 Å². The molecule has 1 aliphatic carbocycles. The minimum atomic E-state index is -0.740. The molecule has 5 nitrogen and oxygen atoms in total. The van der Waals surface area contributed by atoms with Crippen LogP contribution in [0.15, 0.2) is 24.3 Å². The molecule has 3 aliphatic rings. The number of carbonyl (C=O) groups excluding carboxylic acids is 2. The van der Waals surface area contributed by atoms with E-state index in [4.69, 9.17) is 14.2 Å². The molecule has 3 atom stereocenters. The molecule has 0 amide bonds. The van der Waals surface area contributed by atoms with Gasteiger partial charge in [0.1, 0.15) is 11.7 Å². The van der Waals surface area contributed by atoms with Crippen LogP contribution in [0.4, 0.5) is 0 Å². The van der Waals surface area contributed by atoms with Crippen LogP contribution in [0, 0.1) is 0 Å². The number of carbonyl (C=O) groups is 2. The van der Waals surface area contributed by atoms with Crippen LogP contribution in [-0.4, -0.2) is 35.3 Å². The fraction of sp³-hybridized carbons (Fsp3) is 0.786. The predicted octanol–water partition coefficient (Wildman–Crippen LogP) is 6.74. The highest BCUT2D eigenvalue weighted by molar-refractivity contribution is 6.00. The van der Waals surface area contributed by atoms with Crippen molar-refractivity contribution < 1.29 is 23.8 Å². The highest BCUT2D eigenvalue weighted by atomic mass is 16.7. The van der Waals surface area contributed by atoms with Crippen molar-refractivity contribution in [1.82, 2.24) is 0 Å². The van der Waals surface area contributed by atoms with Crippen molar-refractivity contribution in [3.05, 3.63) is 24.3 Å². The number of hydrogen-bond acceptors (Lipinski definition) is 5. The summed E-state index contributed by atoms with van der Waals surface area (Å²) in [5.74, 6) is -1.00. The van der Waals surface area contributed by atoms with Crippen molar-refractivity contribution in [2.45, 2.75) is 140 Å². The van der Waals surface area contributed by atoms with Gasteiger partial charge < -0.3 is 14.2 Å². The molecule has 33 heavy (non-hydrogen) atoms. The SMILES string of the molecule is CCCCCCCCCCCCC[C@@H]1C[C@@H](OC(C)=O)C[C@@]2(CCC3(C=CC(=O)C=C3)O2)O1. The van der Waals surface area contributed by atoms with Crippen molar-refractivity contribution in [3.8, 4) is 0 Å². The number of esters is 1. The summed E-state index contributed by atoms with van der Waals surface area (Å²) in [4.78, 5) is 23.2. The average Bonchev–Trinajstić information content (AvgIpc) is 3.10. The van der Waals surface area contributed by atoms with Gasteiger partial charge in [0, 0.05) is 26.2 Å². The fourth-order valence-electron chi connectivity index (χ4n) is 5.51. The number of allylic oxidation sites excluding steroid dienone is 2. The highest BCUT2D eigenvalue weighted by Crippen LogP contribution is 2.48. The first kappa shape index (κ1) is 26.2. The standard InChI is InChI=1S/C28H44O5/c1-3-4-5-6-7-8-9-10-11-12-13-14-25-21-26(31-23(2)29)22-28(32-25)20-19-27(33-28)17-15-24(30)16-18-27/h15-18,25-26H,3-14,19-22H2,1-2H3/t25-,26-,28+/m1/s1. The van der Waals surface area contributed by atoms with Crippen LogP contribution in [0.25, 0.3) is 0 Å². The third-order valence-corrected chi connectivity index (χ3v) is 7.24. The van der Waals surface area contributed by atoms with Crippen molar-refractivity contribution in [2.75, 3.05) is 0 Å². The Kier molecular flexibility index (Phi) is 10.2. The van der Waals surface area contributed by atoms with Crippen molar-refractivity contribution in [3.63, 3.8) is 0 Å². The quantitative estimate of drug-likeness (QED) is 0.225. The Balaban J connectivity index is 1.41. The second-order valence-corrected chi connectivity index (χ2v) is 10.3. The van der Waals surface area contributed by atoms with Crippen molar-refractivity contribution >= 4 is 11.8 Å². The molecule has 2 heterocycles. The molecule has 0 saturated carbocycles. The zero-order valence-electron chi connectivity index (χ0n) is 20.8. The number of rotatable bonds is 13. The Morgan fingerprint density at radius 3 is 2.18 bits per heavy atom. The molecule has 0 aromatic heterocycles. The topological polar surface area (TPSA) is 61.8 Å². The van der Waals surface area contributed by atoms with Crippen LogP contribution in [0.5, 0.6) is 0 Å². The third-order valence-electron chi connectivity index (χ3n) is 7.24. The molecule has 0 N–H and O–H groups in total. The lowest BCUT2D eigenvalue weighted by Gasteiger charge is -2.42. The van der Waals surface area contributed by atoms with Gasteiger partial charge in [-0.05, 0) is 37.1 Å². The van der Waals surface area contributed by atoms with E-state index in [1.807, 2.05) is 12.2 Å². The predicted molar refractivity (Wildman–Crippen MR) is 130 cm³/mol. The summed E-state index contributed by atoms with van der Waals surface area (Å²) in [6.07, 6.45) is 25.0. The molecular weight excluding hydrogens is 416 g/mol. The number of unbranched alkanes of at least 4 members (excludes halogenated alkanes) is 10. The molecule has 0 aromatic carbocycles. The number of ether oxygens (including phenoxy) is 3. The zero-order chi connectivity index (χ0) is 23.6. The van der Waals surface area contributed by atoms with Crippen LogP contribution < -0.4 is 0 Å². The van der Waals surface area contributed by atoms with Gasteiger partial charge in [-0.1, -0.05) is 77.6 Å². The number of ketones is 1. The maximum atomic E-state index is 11.6. The van der Waals surface area contributed by atoms with Crippen LogP contribution >= 0.6 is 0 Å². The zero-order valence-corrected chi connectivity index (χ0v) is 20.8. The Hall–Kier alpha value is -1.46. The molecule has 0 radical (unpaired) electrons. The molecule has 0 unspecified atom stereocenters. The smallest absolute Gasteiger partial charge is 0.302 e. The minimum Gasteiger partial charge on any atom is -0.462 e. The van der Waals surface area contributed by atoms with E-state index in [-0.39, 0.29) is 24.0 Å². The van der Waals surface area contributed by atoms with E-state index < -0.39 is 11.4 Å². The summed E-state index contributed by atoms with van der Waals surface area (Å²) in [6, 6.07) is 0. The molecule has 0 bridgehead atoms. The van der Waals surface area contributed by atoms with Crippen LogP contribution in [0.3, 0.4) is 0 Å². The molecular formula is C28H44O5. The van der Waals surface area contributed by atoms with Crippen molar-refractivity contribution in [2.24, 2.45) is 0 Å². The van der Waals surface area contributed by atoms with Gasteiger partial charge in [0.2, 0.25) is 0 Å². The van der Waals surface area contributed by atoms with E-state index in [1.165, 1.54) is 71.1 Å². The second kappa shape index (κ2) is 12.9. The van der Waals surface area contributed by atoms with Crippen molar-refractivity contribution in [1.29, 1.82) is 0 Å². The normalized spacial score (nSPS) is 28.1. The maximum absolute atomic E-state index is 11.6. The first-order valence-corrected chi connectivity index (χ1v) is 13.4. The van der Waals surface area contributed by atoms with Gasteiger partial charge in [0.05, 0.1) is 6.10 Å². The third kappa shape index (κ3) is 8.36. The van der Waals surface area contributed by atoms with E-state index in [0.29, 0.717) is 6.42 Å². The first-order valence-electron chi connectivity index (χ1n) is 13.4. The van der Waals surface area contributed by atoms with Gasteiger partial charge in [-0.3, -0.25) is 9.59 Å². The molecule has 3 rings (SSSR count). The maximum Gasteiger partial charge on any atom is 0.302 e. The lowest BCUT2D eigenvalue weighted by atomic mass is 9.91. The fourth-order valence-corrected chi connectivity index (χ4v) is 5.51. The first-order chi connectivity index (χ1) is 15.9. The Morgan fingerprint density at radius 2 is 1.58 bits per heavy atom. The van der Waals surface area contributed by atoms with Crippen LogP contribution in [-0.2, 0) is 23.8 Å². The van der Waals surface area contributed by atoms with Gasteiger partial charge in [-0.2, -0.15) is 0 Å². The lowest BCUT2D eigenvalue weighted by molar-refractivity contribution is -0.293. The number of hydrogen-bond donors (Lipinski definition) is 0. The molecule has 2 aliphatic heterocycles. The summed E-state index contributed by atoms with van der Waals surface area (Å²) in [5, 5.41) is 0. The Bertz CT molecular complexity index is 680.